The Morgan fingerprint density at radius 2 is 1.00 bits per heavy atom. The third-order valence-corrected chi connectivity index (χ3v) is 3.25. The molecule has 18 heteroatoms. The highest BCUT2D eigenvalue weighted by molar-refractivity contribution is 5.78. The molecule has 0 fully saturated rings. The molecule has 29 heavy (non-hydrogen) atoms. The summed E-state index contributed by atoms with van der Waals surface area (Å²) in [5.74, 6) is -22.1. The van der Waals surface area contributed by atoms with Gasteiger partial charge in [0.05, 0.1) is 10.7 Å². The number of hydrogen-bond donors (Lipinski definition) is 2. The van der Waals surface area contributed by atoms with E-state index < -0.39 is 57.9 Å². The van der Waals surface area contributed by atoms with Crippen LogP contribution >= 0.6 is 0 Å². The van der Waals surface area contributed by atoms with Gasteiger partial charge in [-0.25, -0.2) is 35.9 Å². The van der Waals surface area contributed by atoms with Gasteiger partial charge in [0, 0.05) is 0 Å². The van der Waals surface area contributed by atoms with Gasteiger partial charge in [-0.1, -0.05) is 17.9 Å². The lowest BCUT2D eigenvalue weighted by atomic mass is 9.93. The topological polar surface area (TPSA) is 81.1 Å². The molecule has 3 atom stereocenters. The molecule has 0 rings (SSSR count). The standard InChI is InChI=1S/C6H7F6NO2.C5H5F6NO2/c1-4(2,7)6(9,10)5(8,3(14)15)13(11)12;1-4(8,2(6)7)5(9,3(13)14)12(10)11/h1-2H3,(H,14,15);2H,1H3,(H,13,14). The zero-order chi connectivity index (χ0) is 24.4. The molecule has 6 nitrogen and oxygen atoms in total. The van der Waals surface area contributed by atoms with Gasteiger partial charge in [-0.2, -0.15) is 8.78 Å². The molecule has 174 valence electrons. The van der Waals surface area contributed by atoms with Crippen LogP contribution in [0.1, 0.15) is 20.8 Å². The highest BCUT2D eigenvalue weighted by atomic mass is 19.4. The van der Waals surface area contributed by atoms with Crippen molar-refractivity contribution in [1.82, 2.24) is 10.7 Å². The number of carboxylic acid groups (broad SMARTS) is 2. The van der Waals surface area contributed by atoms with Crippen LogP contribution in [0.3, 0.4) is 0 Å². The monoisotopic (exact) mass is 464 g/mol. The minimum absolute atomic E-state index is 0.0910. The number of aliphatic carboxylic acids is 2. The van der Waals surface area contributed by atoms with Crippen LogP contribution < -0.4 is 0 Å². The van der Waals surface area contributed by atoms with Gasteiger partial charge in [0.1, 0.15) is 0 Å². The molecular formula is C11H12F12N2O4. The van der Waals surface area contributed by atoms with E-state index in [4.69, 9.17) is 10.2 Å². The summed E-state index contributed by atoms with van der Waals surface area (Å²) in [6.07, 6.45) is -4.21. The Bertz CT molecular complexity index is 597. The highest BCUT2D eigenvalue weighted by Crippen LogP contribution is 2.45. The Labute approximate surface area is 153 Å². The second-order valence-electron chi connectivity index (χ2n) is 5.74. The van der Waals surface area contributed by atoms with Gasteiger partial charge in [0.15, 0.2) is 5.67 Å². The van der Waals surface area contributed by atoms with Crippen molar-refractivity contribution in [2.75, 3.05) is 0 Å². The molecule has 2 N–H and O–H groups in total. The summed E-state index contributed by atoms with van der Waals surface area (Å²) < 4.78 is 147. The number of carboxylic acids is 2. The predicted molar refractivity (Wildman–Crippen MR) is 66.7 cm³/mol. The first-order valence-corrected chi connectivity index (χ1v) is 6.59. The fraction of sp³-hybridized carbons (Fsp3) is 0.818. The number of rotatable bonds is 8. The van der Waals surface area contributed by atoms with E-state index in [1.54, 1.807) is 0 Å². The molecule has 0 radical (unpaired) electrons. The van der Waals surface area contributed by atoms with E-state index in [0.29, 0.717) is 0 Å². The van der Waals surface area contributed by atoms with E-state index in [9.17, 15) is 62.6 Å². The number of nitrogens with zero attached hydrogens (tertiary/aromatic N) is 2. The Hall–Kier alpha value is -1.98. The minimum Gasteiger partial charge on any atom is -0.478 e. The summed E-state index contributed by atoms with van der Waals surface area (Å²) in [5, 5.41) is 10.3. The van der Waals surface area contributed by atoms with Crippen molar-refractivity contribution in [3.05, 3.63) is 0 Å². The van der Waals surface area contributed by atoms with Crippen molar-refractivity contribution >= 4 is 11.9 Å². The summed E-state index contributed by atoms with van der Waals surface area (Å²) in [7, 11) is 0. The fourth-order valence-electron chi connectivity index (χ4n) is 1.30. The molecule has 0 aromatic rings. The molecule has 3 unspecified atom stereocenters. The van der Waals surface area contributed by atoms with Crippen molar-refractivity contribution < 1.29 is 72.9 Å². The third-order valence-electron chi connectivity index (χ3n) is 3.25. The summed E-state index contributed by atoms with van der Waals surface area (Å²) in [4.78, 5) is 20.0. The molecule has 0 amide bonds. The molecule has 0 aliphatic carbocycles. The first-order chi connectivity index (χ1) is 12.5. The van der Waals surface area contributed by atoms with Crippen molar-refractivity contribution in [3.63, 3.8) is 0 Å². The Morgan fingerprint density at radius 3 is 1.07 bits per heavy atom. The van der Waals surface area contributed by atoms with E-state index in [-0.39, 0.29) is 20.8 Å². The maximum atomic E-state index is 12.9. The molecule has 0 aromatic heterocycles. The smallest absolute Gasteiger partial charge is 0.381 e. The summed E-state index contributed by atoms with van der Waals surface area (Å²) in [6.45, 7) is -0.0838. The molecule has 0 saturated carbocycles. The number of hydrogen-bond acceptors (Lipinski definition) is 4. The van der Waals surface area contributed by atoms with E-state index in [1.807, 2.05) is 0 Å². The molecule has 0 bridgehead atoms. The maximum absolute atomic E-state index is 12.9. The molecule has 0 aromatic carbocycles. The lowest BCUT2D eigenvalue weighted by Crippen LogP contribution is -2.64. The molecular weight excluding hydrogens is 452 g/mol. The second-order valence-corrected chi connectivity index (χ2v) is 5.74. The van der Waals surface area contributed by atoms with Crippen molar-refractivity contribution in [2.24, 2.45) is 0 Å². The van der Waals surface area contributed by atoms with Crippen LogP contribution in [0.25, 0.3) is 0 Å². The number of alkyl halides is 8. The van der Waals surface area contributed by atoms with Crippen LogP contribution in [0.2, 0.25) is 0 Å². The summed E-state index contributed by atoms with van der Waals surface area (Å²) in [6, 6.07) is 0. The lowest BCUT2D eigenvalue weighted by Gasteiger charge is -2.34. The van der Waals surface area contributed by atoms with Crippen molar-refractivity contribution in [1.29, 1.82) is 0 Å². The molecule has 0 aliphatic rings. The van der Waals surface area contributed by atoms with Crippen LogP contribution in [0, 0.1) is 0 Å². The van der Waals surface area contributed by atoms with Crippen LogP contribution in [-0.2, 0) is 9.59 Å². The van der Waals surface area contributed by atoms with E-state index in [0.717, 1.165) is 0 Å². The molecule has 0 saturated heterocycles. The molecule has 0 aliphatic heterocycles. The second kappa shape index (κ2) is 8.80. The van der Waals surface area contributed by atoms with E-state index in [1.165, 1.54) is 0 Å². The average molecular weight is 464 g/mol. The predicted octanol–water partition coefficient (Wildman–Crippen LogP) is 3.99. The highest BCUT2D eigenvalue weighted by Gasteiger charge is 2.74. The third kappa shape index (κ3) is 4.96. The van der Waals surface area contributed by atoms with E-state index in [2.05, 4.69) is 0 Å². The average Bonchev–Trinajstić information content (AvgIpc) is 2.51. The summed E-state index contributed by atoms with van der Waals surface area (Å²) in [5.41, 5.74) is -8.29. The number of halogens is 12. The zero-order valence-corrected chi connectivity index (χ0v) is 14.2. The largest absolute Gasteiger partial charge is 0.478 e. The Balaban J connectivity index is 0. The number of carbonyl (C=O) groups is 2. The Morgan fingerprint density at radius 1 is 0.724 bits per heavy atom. The van der Waals surface area contributed by atoms with Crippen molar-refractivity contribution in [3.8, 4) is 0 Å². The van der Waals surface area contributed by atoms with Crippen LogP contribution in [0.5, 0.6) is 0 Å². The minimum atomic E-state index is -5.42. The van der Waals surface area contributed by atoms with Gasteiger partial charge < -0.3 is 10.2 Å². The fourth-order valence-corrected chi connectivity index (χ4v) is 1.30. The molecule has 0 spiro atoms. The quantitative estimate of drug-likeness (QED) is 0.321. The van der Waals surface area contributed by atoms with Gasteiger partial charge >= 0.3 is 29.4 Å². The van der Waals surface area contributed by atoms with Gasteiger partial charge in [0.25, 0.3) is 6.43 Å². The zero-order valence-electron chi connectivity index (χ0n) is 14.2. The SMILES string of the molecule is CC(C)(F)C(F)(F)C(F)(C(=O)O)N(F)F.CC(F)(C(F)F)C(F)(C(=O)O)N(F)F. The molecule has 0 heterocycles. The van der Waals surface area contributed by atoms with Gasteiger partial charge in [0.2, 0.25) is 5.67 Å². The first-order valence-electron chi connectivity index (χ1n) is 6.59. The van der Waals surface area contributed by atoms with Gasteiger partial charge in [-0.3, -0.25) is 0 Å². The first kappa shape index (κ1) is 29.2. The summed E-state index contributed by atoms with van der Waals surface area (Å²) >= 11 is 0. The van der Waals surface area contributed by atoms with Crippen molar-refractivity contribution in [2.45, 2.75) is 56.0 Å². The lowest BCUT2D eigenvalue weighted by molar-refractivity contribution is -0.355. The normalized spacial score (nSPS) is 19.1. The van der Waals surface area contributed by atoms with Gasteiger partial charge in [-0.15, -0.1) is 0 Å². The van der Waals surface area contributed by atoms with Crippen LogP contribution in [0.4, 0.5) is 53.0 Å². The van der Waals surface area contributed by atoms with Crippen LogP contribution in [-0.4, -0.2) is 68.1 Å². The van der Waals surface area contributed by atoms with Crippen LogP contribution in [0.15, 0.2) is 0 Å². The van der Waals surface area contributed by atoms with Gasteiger partial charge in [-0.05, 0) is 20.8 Å². The maximum Gasteiger partial charge on any atom is 0.381 e. The Kier molecular flexibility index (Phi) is 8.87. The van der Waals surface area contributed by atoms with E-state index >= 15 is 0 Å².